The Kier molecular flexibility index (Phi) is 6.27. The van der Waals surface area contributed by atoms with Gasteiger partial charge in [0, 0.05) is 0 Å². The van der Waals surface area contributed by atoms with Crippen LogP contribution in [0.25, 0.3) is 0 Å². The molecule has 0 unspecified atom stereocenters. The van der Waals surface area contributed by atoms with Crippen LogP contribution >= 0.6 is 0 Å². The van der Waals surface area contributed by atoms with E-state index in [4.69, 9.17) is 9.47 Å². The Morgan fingerprint density at radius 3 is 2.48 bits per heavy atom. The minimum atomic E-state index is -0.401. The number of piperazine rings is 1. The molecular weight excluding hydrogens is 292 g/mol. The molecule has 1 aromatic rings. The molecule has 1 aromatic carbocycles. The molecule has 130 valence electrons. The van der Waals surface area contributed by atoms with Crippen molar-refractivity contribution in [3.63, 3.8) is 0 Å². The molecule has 2 N–H and O–H groups in total. The van der Waals surface area contributed by atoms with Crippen molar-refractivity contribution in [2.45, 2.75) is 32.5 Å². The maximum Gasteiger partial charge on any atom is 0.142 e. The highest BCUT2D eigenvalue weighted by Gasteiger charge is 2.24. The Hall–Kier alpha value is -1.30. The minimum Gasteiger partial charge on any atom is -0.495 e. The predicted molar refractivity (Wildman–Crippen MR) is 92.5 cm³/mol. The topological polar surface area (TPSA) is 46.4 Å². The van der Waals surface area contributed by atoms with Crippen molar-refractivity contribution in [2.24, 2.45) is 0 Å². The smallest absolute Gasteiger partial charge is 0.142 e. The van der Waals surface area contributed by atoms with Gasteiger partial charge in [0.1, 0.15) is 18.4 Å². The number of para-hydroxylation sites is 2. The molecule has 1 heterocycles. The molecule has 1 saturated heterocycles. The van der Waals surface area contributed by atoms with E-state index in [1.165, 1.54) is 4.90 Å². The first-order valence-corrected chi connectivity index (χ1v) is 8.42. The van der Waals surface area contributed by atoms with Gasteiger partial charge < -0.3 is 24.4 Å². The molecule has 0 bridgehead atoms. The van der Waals surface area contributed by atoms with Crippen molar-refractivity contribution in [3.8, 4) is 5.75 Å². The van der Waals surface area contributed by atoms with Crippen LogP contribution in [0, 0.1) is 0 Å². The van der Waals surface area contributed by atoms with Gasteiger partial charge in [-0.15, -0.1) is 0 Å². The van der Waals surface area contributed by atoms with Crippen LogP contribution in [0.5, 0.6) is 5.75 Å². The number of anilines is 1. The number of hydrogen-bond donors (Lipinski definition) is 2. The first-order chi connectivity index (χ1) is 10.9. The number of methoxy groups -OCH3 is 1. The molecule has 1 atom stereocenters. The zero-order valence-corrected chi connectivity index (χ0v) is 14.8. The van der Waals surface area contributed by atoms with Gasteiger partial charge in [-0.2, -0.15) is 0 Å². The second-order valence-corrected chi connectivity index (χ2v) is 7.19. The van der Waals surface area contributed by atoms with Crippen molar-refractivity contribution < 1.29 is 19.5 Å². The third-order valence-corrected chi connectivity index (χ3v) is 4.13. The number of benzene rings is 1. The lowest BCUT2D eigenvalue weighted by Gasteiger charge is -2.35. The Labute approximate surface area is 139 Å². The third-order valence-electron chi connectivity index (χ3n) is 4.13. The number of nitrogens with one attached hydrogen (secondary N) is 1. The van der Waals surface area contributed by atoms with Crippen LogP contribution in [0.3, 0.4) is 0 Å². The summed E-state index contributed by atoms with van der Waals surface area (Å²) >= 11 is 0. The van der Waals surface area contributed by atoms with Crippen LogP contribution in [-0.2, 0) is 4.74 Å². The Balaban J connectivity index is 1.80. The standard InChI is InChI=1S/C18H30N2O3/c1-18(2,3)23-14-15(21)13-19-9-11-20(12-10-19)16-7-5-6-8-17(16)22-4/h5-8,15,21H,9-14H2,1-4H3/p+1/t15-/m1/s1. The highest BCUT2D eigenvalue weighted by atomic mass is 16.5. The van der Waals surface area contributed by atoms with Crippen LogP contribution in [0.15, 0.2) is 24.3 Å². The number of ether oxygens (including phenoxy) is 2. The van der Waals surface area contributed by atoms with Gasteiger partial charge in [0.2, 0.25) is 0 Å². The third kappa shape index (κ3) is 5.68. The number of nitrogens with zero attached hydrogens (tertiary/aromatic N) is 1. The molecule has 5 heteroatoms. The largest absolute Gasteiger partial charge is 0.495 e. The van der Waals surface area contributed by atoms with Crippen LogP contribution in [0.4, 0.5) is 5.69 Å². The van der Waals surface area contributed by atoms with E-state index in [0.717, 1.165) is 44.2 Å². The van der Waals surface area contributed by atoms with Gasteiger partial charge in [0.05, 0.1) is 51.2 Å². The lowest BCUT2D eigenvalue weighted by molar-refractivity contribution is -0.903. The Bertz CT molecular complexity index is 479. The van der Waals surface area contributed by atoms with Gasteiger partial charge in [-0.05, 0) is 32.9 Å². The van der Waals surface area contributed by atoms with E-state index in [-0.39, 0.29) is 5.60 Å². The van der Waals surface area contributed by atoms with E-state index in [0.29, 0.717) is 6.61 Å². The van der Waals surface area contributed by atoms with E-state index >= 15 is 0 Å². The first-order valence-electron chi connectivity index (χ1n) is 8.42. The fourth-order valence-corrected chi connectivity index (χ4v) is 2.90. The molecular formula is C18H31N2O3+. The lowest BCUT2D eigenvalue weighted by atomic mass is 10.2. The SMILES string of the molecule is COc1ccccc1N1CC[NH+](C[C@@H](O)COC(C)(C)C)CC1. The van der Waals surface area contributed by atoms with Gasteiger partial charge in [0.25, 0.3) is 0 Å². The van der Waals surface area contributed by atoms with Gasteiger partial charge in [0.15, 0.2) is 0 Å². The van der Waals surface area contributed by atoms with Crippen LogP contribution < -0.4 is 14.5 Å². The fraction of sp³-hybridized carbons (Fsp3) is 0.667. The first kappa shape index (κ1) is 18.0. The molecule has 2 rings (SSSR count). The fourth-order valence-electron chi connectivity index (χ4n) is 2.90. The summed E-state index contributed by atoms with van der Waals surface area (Å²) in [6.45, 7) is 11.2. The van der Waals surface area contributed by atoms with Gasteiger partial charge in [-0.25, -0.2) is 0 Å². The Morgan fingerprint density at radius 1 is 1.22 bits per heavy atom. The molecule has 1 fully saturated rings. The summed E-state index contributed by atoms with van der Waals surface area (Å²) in [6.07, 6.45) is -0.401. The monoisotopic (exact) mass is 323 g/mol. The van der Waals surface area contributed by atoms with E-state index in [2.05, 4.69) is 11.0 Å². The maximum absolute atomic E-state index is 10.2. The predicted octanol–water partition coefficient (Wildman–Crippen LogP) is 0.576. The zero-order chi connectivity index (χ0) is 16.9. The van der Waals surface area contributed by atoms with Crippen molar-refractivity contribution in [1.82, 2.24) is 0 Å². The summed E-state index contributed by atoms with van der Waals surface area (Å²) in [5.41, 5.74) is 0.962. The van der Waals surface area contributed by atoms with Gasteiger partial charge in [-0.3, -0.25) is 0 Å². The molecule has 0 spiro atoms. The lowest BCUT2D eigenvalue weighted by Crippen LogP contribution is -3.16. The minimum absolute atomic E-state index is 0.196. The second kappa shape index (κ2) is 7.99. The van der Waals surface area contributed by atoms with Gasteiger partial charge >= 0.3 is 0 Å². The molecule has 0 aliphatic carbocycles. The summed E-state index contributed by atoms with van der Waals surface area (Å²) in [7, 11) is 1.71. The van der Waals surface area contributed by atoms with Crippen molar-refractivity contribution >= 4 is 5.69 Å². The highest BCUT2D eigenvalue weighted by molar-refractivity contribution is 5.58. The van der Waals surface area contributed by atoms with E-state index in [1.807, 2.05) is 39.0 Å². The number of rotatable bonds is 6. The summed E-state index contributed by atoms with van der Waals surface area (Å²) in [5, 5.41) is 10.2. The molecule has 0 saturated carbocycles. The number of aliphatic hydroxyl groups is 1. The highest BCUT2D eigenvalue weighted by Crippen LogP contribution is 2.27. The van der Waals surface area contributed by atoms with E-state index < -0.39 is 6.10 Å². The molecule has 0 amide bonds. The van der Waals surface area contributed by atoms with Gasteiger partial charge in [-0.1, -0.05) is 12.1 Å². The molecule has 5 nitrogen and oxygen atoms in total. The maximum atomic E-state index is 10.2. The summed E-state index contributed by atoms with van der Waals surface area (Å²) in [6, 6.07) is 8.15. The van der Waals surface area contributed by atoms with Crippen LogP contribution in [-0.4, -0.2) is 63.3 Å². The summed E-state index contributed by atoms with van der Waals surface area (Å²) in [5.74, 6) is 0.926. The second-order valence-electron chi connectivity index (χ2n) is 7.19. The zero-order valence-electron chi connectivity index (χ0n) is 14.8. The normalized spacial score (nSPS) is 18.0. The molecule has 0 aromatic heterocycles. The van der Waals surface area contributed by atoms with Crippen molar-refractivity contribution in [1.29, 1.82) is 0 Å². The molecule has 1 aliphatic rings. The Morgan fingerprint density at radius 2 is 1.87 bits per heavy atom. The van der Waals surface area contributed by atoms with Crippen LogP contribution in [0.1, 0.15) is 20.8 Å². The number of quaternary nitrogens is 1. The number of aliphatic hydroxyl groups excluding tert-OH is 1. The van der Waals surface area contributed by atoms with Crippen molar-refractivity contribution in [3.05, 3.63) is 24.3 Å². The van der Waals surface area contributed by atoms with E-state index in [1.54, 1.807) is 7.11 Å². The summed E-state index contributed by atoms with van der Waals surface area (Å²) in [4.78, 5) is 3.79. The quantitative estimate of drug-likeness (QED) is 0.804. The average molecular weight is 323 g/mol. The molecule has 1 aliphatic heterocycles. The van der Waals surface area contributed by atoms with E-state index in [9.17, 15) is 5.11 Å². The average Bonchev–Trinajstić information content (AvgIpc) is 2.53. The number of hydrogen-bond acceptors (Lipinski definition) is 4. The van der Waals surface area contributed by atoms with Crippen molar-refractivity contribution in [2.75, 3.05) is 51.3 Å². The van der Waals surface area contributed by atoms with Crippen LogP contribution in [0.2, 0.25) is 0 Å². The molecule has 23 heavy (non-hydrogen) atoms. The summed E-state index contributed by atoms with van der Waals surface area (Å²) < 4.78 is 11.1. The molecule has 0 radical (unpaired) electrons.